The van der Waals surface area contributed by atoms with Gasteiger partial charge in [-0.1, -0.05) is 48.5 Å². The predicted molar refractivity (Wildman–Crippen MR) is 103 cm³/mol. The van der Waals surface area contributed by atoms with E-state index in [9.17, 15) is 0 Å². The van der Waals surface area contributed by atoms with Crippen LogP contribution in [0, 0.1) is 13.8 Å². The summed E-state index contributed by atoms with van der Waals surface area (Å²) >= 11 is 0. The van der Waals surface area contributed by atoms with E-state index in [1.54, 1.807) is 7.11 Å². The zero-order valence-electron chi connectivity index (χ0n) is 15.2. The Kier molecular flexibility index (Phi) is 4.59. The van der Waals surface area contributed by atoms with E-state index < -0.39 is 0 Å². The molecular formula is C22H25NO. The first-order chi connectivity index (χ1) is 11.5. The summed E-state index contributed by atoms with van der Waals surface area (Å²) in [5, 5.41) is 2.58. The first-order valence-corrected chi connectivity index (χ1v) is 8.33. The third-order valence-corrected chi connectivity index (χ3v) is 4.55. The molecule has 0 aliphatic carbocycles. The Labute approximate surface area is 144 Å². The third kappa shape index (κ3) is 2.90. The van der Waals surface area contributed by atoms with Crippen LogP contribution in [0.5, 0.6) is 5.75 Å². The van der Waals surface area contributed by atoms with Crippen LogP contribution in [0.4, 0.5) is 0 Å². The average molecular weight is 319 g/mol. The summed E-state index contributed by atoms with van der Waals surface area (Å²) in [4.78, 5) is 2.17. The highest BCUT2D eigenvalue weighted by molar-refractivity contribution is 6.00. The summed E-state index contributed by atoms with van der Waals surface area (Å²) < 4.78 is 5.87. The second-order valence-corrected chi connectivity index (χ2v) is 6.66. The van der Waals surface area contributed by atoms with E-state index in [2.05, 4.69) is 81.4 Å². The molecule has 2 heteroatoms. The van der Waals surface area contributed by atoms with E-state index in [1.165, 1.54) is 38.6 Å². The van der Waals surface area contributed by atoms with Gasteiger partial charge in [-0.3, -0.25) is 0 Å². The van der Waals surface area contributed by atoms with E-state index in [4.69, 9.17) is 4.74 Å². The number of benzene rings is 3. The first-order valence-electron chi connectivity index (χ1n) is 8.33. The summed E-state index contributed by atoms with van der Waals surface area (Å²) in [5.74, 6) is 0.984. The SMILES string of the molecule is COc1c(CN(C)C)ccc(C)c1-c1cccc2c(C)cccc12. The molecule has 0 saturated carbocycles. The molecule has 0 spiro atoms. The van der Waals surface area contributed by atoms with Crippen molar-refractivity contribution in [3.05, 3.63) is 65.2 Å². The lowest BCUT2D eigenvalue weighted by molar-refractivity contribution is 0.372. The molecule has 0 aromatic heterocycles. The quantitative estimate of drug-likeness (QED) is 0.656. The third-order valence-electron chi connectivity index (χ3n) is 4.55. The highest BCUT2D eigenvalue weighted by Gasteiger charge is 2.16. The van der Waals surface area contributed by atoms with Crippen molar-refractivity contribution in [3.63, 3.8) is 0 Å². The Morgan fingerprint density at radius 3 is 2.25 bits per heavy atom. The zero-order chi connectivity index (χ0) is 17.3. The number of hydrogen-bond acceptors (Lipinski definition) is 2. The van der Waals surface area contributed by atoms with Crippen LogP contribution in [0.15, 0.2) is 48.5 Å². The summed E-state index contributed by atoms with van der Waals surface area (Å²) in [6.45, 7) is 5.19. The Morgan fingerprint density at radius 1 is 0.833 bits per heavy atom. The zero-order valence-corrected chi connectivity index (χ0v) is 15.2. The highest BCUT2D eigenvalue weighted by atomic mass is 16.5. The van der Waals surface area contributed by atoms with Crippen molar-refractivity contribution in [2.24, 2.45) is 0 Å². The molecule has 3 aromatic rings. The molecule has 0 atom stereocenters. The van der Waals surface area contributed by atoms with Crippen molar-refractivity contribution in [2.45, 2.75) is 20.4 Å². The molecule has 2 nitrogen and oxygen atoms in total. The summed E-state index contributed by atoms with van der Waals surface area (Å²) in [7, 11) is 5.94. The summed E-state index contributed by atoms with van der Waals surface area (Å²) in [6, 6.07) is 17.4. The fourth-order valence-electron chi connectivity index (χ4n) is 3.44. The Morgan fingerprint density at radius 2 is 1.54 bits per heavy atom. The number of ether oxygens (including phenoxy) is 1. The van der Waals surface area contributed by atoms with Crippen molar-refractivity contribution in [1.29, 1.82) is 0 Å². The summed E-state index contributed by atoms with van der Waals surface area (Å²) in [6.07, 6.45) is 0. The second-order valence-electron chi connectivity index (χ2n) is 6.66. The van der Waals surface area contributed by atoms with Gasteiger partial charge in [0.05, 0.1) is 7.11 Å². The fourth-order valence-corrected chi connectivity index (χ4v) is 3.44. The number of rotatable bonds is 4. The predicted octanol–water partition coefficient (Wildman–Crippen LogP) is 5.19. The molecule has 3 aromatic carbocycles. The normalized spacial score (nSPS) is 11.2. The van der Waals surface area contributed by atoms with Crippen LogP contribution >= 0.6 is 0 Å². The maximum Gasteiger partial charge on any atom is 0.131 e. The van der Waals surface area contributed by atoms with Crippen molar-refractivity contribution in [3.8, 4) is 16.9 Å². The van der Waals surface area contributed by atoms with Crippen LogP contribution in [0.1, 0.15) is 16.7 Å². The van der Waals surface area contributed by atoms with Gasteiger partial charge >= 0.3 is 0 Å². The van der Waals surface area contributed by atoms with Crippen LogP contribution in [-0.2, 0) is 6.54 Å². The van der Waals surface area contributed by atoms with Gasteiger partial charge in [0.25, 0.3) is 0 Å². The van der Waals surface area contributed by atoms with Crippen molar-refractivity contribution in [2.75, 3.05) is 21.2 Å². The van der Waals surface area contributed by atoms with Crippen molar-refractivity contribution < 1.29 is 4.74 Å². The molecular weight excluding hydrogens is 294 g/mol. The van der Waals surface area contributed by atoms with Gasteiger partial charge in [0.1, 0.15) is 5.75 Å². The summed E-state index contributed by atoms with van der Waals surface area (Å²) in [5.41, 5.74) is 6.20. The molecule has 0 radical (unpaired) electrons. The highest BCUT2D eigenvalue weighted by Crippen LogP contribution is 2.40. The molecule has 0 aliphatic rings. The maximum atomic E-state index is 5.87. The van der Waals surface area contributed by atoms with Gasteiger partial charge in [-0.25, -0.2) is 0 Å². The number of nitrogens with zero attached hydrogens (tertiary/aromatic N) is 1. The van der Waals surface area contributed by atoms with E-state index in [0.29, 0.717) is 0 Å². The van der Waals surface area contributed by atoms with Crippen LogP contribution in [0.2, 0.25) is 0 Å². The molecule has 0 bridgehead atoms. The van der Waals surface area contributed by atoms with Gasteiger partial charge in [-0.15, -0.1) is 0 Å². The van der Waals surface area contributed by atoms with Crippen molar-refractivity contribution in [1.82, 2.24) is 4.90 Å². The molecule has 0 unspecified atom stereocenters. The van der Waals surface area contributed by atoms with E-state index in [-0.39, 0.29) is 0 Å². The Bertz CT molecular complexity index is 881. The molecule has 0 saturated heterocycles. The van der Waals surface area contributed by atoms with Gasteiger partial charge in [-0.2, -0.15) is 0 Å². The minimum atomic E-state index is 0.861. The largest absolute Gasteiger partial charge is 0.496 e. The molecule has 0 fully saturated rings. The van der Waals surface area contributed by atoms with Gasteiger partial charge in [-0.05, 0) is 55.4 Å². The first kappa shape index (κ1) is 16.5. The van der Waals surface area contributed by atoms with E-state index in [1.807, 2.05) is 0 Å². The number of aryl methyl sites for hydroxylation is 2. The molecule has 0 heterocycles. The van der Waals surface area contributed by atoms with Crippen LogP contribution < -0.4 is 4.74 Å². The minimum absolute atomic E-state index is 0.861. The van der Waals surface area contributed by atoms with Crippen LogP contribution in [0.3, 0.4) is 0 Å². The molecule has 0 amide bonds. The Hall–Kier alpha value is -2.32. The number of methoxy groups -OCH3 is 1. The fraction of sp³-hybridized carbons (Fsp3) is 0.273. The number of fused-ring (bicyclic) bond motifs is 1. The van der Waals surface area contributed by atoms with Crippen LogP contribution in [-0.4, -0.2) is 26.1 Å². The van der Waals surface area contributed by atoms with Gasteiger partial charge in [0.15, 0.2) is 0 Å². The molecule has 124 valence electrons. The smallest absolute Gasteiger partial charge is 0.131 e. The second kappa shape index (κ2) is 6.66. The number of hydrogen-bond donors (Lipinski definition) is 0. The average Bonchev–Trinajstić information content (AvgIpc) is 2.56. The molecule has 24 heavy (non-hydrogen) atoms. The van der Waals surface area contributed by atoms with Crippen LogP contribution in [0.25, 0.3) is 21.9 Å². The molecule has 3 rings (SSSR count). The minimum Gasteiger partial charge on any atom is -0.496 e. The topological polar surface area (TPSA) is 12.5 Å². The molecule has 0 N–H and O–H groups in total. The van der Waals surface area contributed by atoms with Gasteiger partial charge < -0.3 is 9.64 Å². The Balaban J connectivity index is 2.32. The van der Waals surface area contributed by atoms with Crippen molar-refractivity contribution >= 4 is 10.8 Å². The van der Waals surface area contributed by atoms with Gasteiger partial charge in [0, 0.05) is 17.7 Å². The lowest BCUT2D eigenvalue weighted by Crippen LogP contribution is -2.12. The van der Waals surface area contributed by atoms with E-state index >= 15 is 0 Å². The monoisotopic (exact) mass is 319 g/mol. The standard InChI is InChI=1S/C22H25NO/c1-15-8-6-10-19-18(15)9-7-11-20(19)21-16(2)12-13-17(14-23(3)4)22(21)24-5/h6-13H,14H2,1-5H3. The maximum absolute atomic E-state index is 5.87. The molecule has 0 aliphatic heterocycles. The van der Waals surface area contributed by atoms with Gasteiger partial charge in [0.2, 0.25) is 0 Å². The lowest BCUT2D eigenvalue weighted by Gasteiger charge is -2.20. The van der Waals surface area contributed by atoms with E-state index in [0.717, 1.165) is 12.3 Å². The lowest BCUT2D eigenvalue weighted by atomic mass is 9.91.